The van der Waals surface area contributed by atoms with Gasteiger partial charge in [-0.15, -0.1) is 0 Å². The maximum absolute atomic E-state index is 11.8. The molecule has 0 aliphatic rings. The number of aryl methyl sites for hydroxylation is 1. The molecule has 2 rings (SSSR count). The summed E-state index contributed by atoms with van der Waals surface area (Å²) in [5.41, 5.74) is 3.01. The summed E-state index contributed by atoms with van der Waals surface area (Å²) in [4.78, 5) is 15.9. The van der Waals surface area contributed by atoms with Crippen LogP contribution >= 0.6 is 0 Å². The maximum atomic E-state index is 11.8. The van der Waals surface area contributed by atoms with Crippen molar-refractivity contribution < 1.29 is 4.79 Å². The van der Waals surface area contributed by atoms with Crippen molar-refractivity contribution in [2.24, 2.45) is 0 Å². The number of pyridine rings is 1. The predicted molar refractivity (Wildman–Crippen MR) is 80.4 cm³/mol. The first-order chi connectivity index (χ1) is 9.78. The largest absolute Gasteiger partial charge is 0.325 e. The summed E-state index contributed by atoms with van der Waals surface area (Å²) in [6.07, 6.45) is 2.74. The summed E-state index contributed by atoms with van der Waals surface area (Å²) in [6.45, 7) is 2.96. The summed E-state index contributed by atoms with van der Waals surface area (Å²) < 4.78 is 0. The Morgan fingerprint density at radius 1 is 1.15 bits per heavy atom. The topological polar surface area (TPSA) is 54.0 Å². The van der Waals surface area contributed by atoms with Crippen LogP contribution in [-0.4, -0.2) is 17.4 Å². The lowest BCUT2D eigenvalue weighted by atomic mass is 10.1. The molecule has 0 saturated heterocycles. The van der Waals surface area contributed by atoms with Crippen LogP contribution in [0.3, 0.4) is 0 Å². The van der Waals surface area contributed by atoms with E-state index in [1.54, 1.807) is 6.20 Å². The van der Waals surface area contributed by atoms with E-state index < -0.39 is 0 Å². The van der Waals surface area contributed by atoms with Crippen molar-refractivity contribution in [3.63, 3.8) is 0 Å². The number of nitrogens with one attached hydrogen (secondary N) is 2. The van der Waals surface area contributed by atoms with Crippen LogP contribution in [0.4, 0.5) is 5.69 Å². The van der Waals surface area contributed by atoms with E-state index in [0.29, 0.717) is 6.54 Å². The first-order valence-electron chi connectivity index (χ1n) is 6.77. The van der Waals surface area contributed by atoms with Gasteiger partial charge in [0.15, 0.2) is 0 Å². The van der Waals surface area contributed by atoms with Crippen LogP contribution in [0.1, 0.15) is 18.2 Å². The van der Waals surface area contributed by atoms with E-state index in [9.17, 15) is 4.79 Å². The molecule has 0 atom stereocenters. The van der Waals surface area contributed by atoms with Crippen LogP contribution in [0.5, 0.6) is 0 Å². The maximum Gasteiger partial charge on any atom is 0.238 e. The Morgan fingerprint density at radius 3 is 2.60 bits per heavy atom. The molecule has 4 nitrogen and oxygen atoms in total. The number of hydrogen-bond donors (Lipinski definition) is 2. The molecule has 0 fully saturated rings. The minimum atomic E-state index is -0.0508. The Balaban J connectivity index is 1.74. The van der Waals surface area contributed by atoms with Gasteiger partial charge in [0.2, 0.25) is 5.91 Å². The third-order valence-corrected chi connectivity index (χ3v) is 2.96. The highest BCUT2D eigenvalue weighted by Crippen LogP contribution is 2.09. The lowest BCUT2D eigenvalue weighted by molar-refractivity contribution is -0.115. The third kappa shape index (κ3) is 4.48. The van der Waals surface area contributed by atoms with Crippen LogP contribution < -0.4 is 10.6 Å². The van der Waals surface area contributed by atoms with Gasteiger partial charge in [-0.05, 0) is 36.2 Å². The fourth-order valence-electron chi connectivity index (χ4n) is 1.84. The average Bonchev–Trinajstić information content (AvgIpc) is 2.49. The fraction of sp³-hybridized carbons (Fsp3) is 0.250. The summed E-state index contributed by atoms with van der Waals surface area (Å²) in [5.74, 6) is -0.0508. The van der Waals surface area contributed by atoms with Gasteiger partial charge in [-0.1, -0.05) is 25.1 Å². The van der Waals surface area contributed by atoms with E-state index >= 15 is 0 Å². The van der Waals surface area contributed by atoms with Crippen LogP contribution in [-0.2, 0) is 17.8 Å². The van der Waals surface area contributed by atoms with Crippen molar-refractivity contribution in [3.8, 4) is 0 Å². The van der Waals surface area contributed by atoms with Gasteiger partial charge in [0, 0.05) is 18.4 Å². The molecule has 0 bridgehead atoms. The molecule has 0 saturated carbocycles. The number of amides is 1. The van der Waals surface area contributed by atoms with Crippen molar-refractivity contribution >= 4 is 11.6 Å². The van der Waals surface area contributed by atoms with Gasteiger partial charge >= 0.3 is 0 Å². The van der Waals surface area contributed by atoms with Crippen molar-refractivity contribution in [2.75, 3.05) is 11.9 Å². The van der Waals surface area contributed by atoms with Crippen molar-refractivity contribution in [3.05, 3.63) is 59.9 Å². The zero-order chi connectivity index (χ0) is 14.2. The standard InChI is InChI=1S/C16H19N3O/c1-2-13-6-8-14(9-7-13)19-16(20)12-17-11-15-5-3-4-10-18-15/h3-10,17H,2,11-12H2,1H3,(H,19,20). The van der Waals surface area contributed by atoms with E-state index in [1.807, 2.05) is 42.5 Å². The molecule has 0 unspecified atom stereocenters. The molecule has 1 amide bonds. The van der Waals surface area contributed by atoms with Crippen LogP contribution in [0.2, 0.25) is 0 Å². The molecule has 0 spiro atoms. The summed E-state index contributed by atoms with van der Waals surface area (Å²) in [5, 5.41) is 5.93. The molecule has 1 aromatic carbocycles. The molecule has 1 aromatic heterocycles. The molecule has 0 aliphatic heterocycles. The Morgan fingerprint density at radius 2 is 1.95 bits per heavy atom. The van der Waals surface area contributed by atoms with Gasteiger partial charge in [0.05, 0.1) is 12.2 Å². The second-order valence-electron chi connectivity index (χ2n) is 4.52. The smallest absolute Gasteiger partial charge is 0.238 e. The quantitative estimate of drug-likeness (QED) is 0.846. The van der Waals surface area contributed by atoms with Crippen molar-refractivity contribution in [1.82, 2.24) is 10.3 Å². The summed E-state index contributed by atoms with van der Waals surface area (Å²) in [7, 11) is 0. The molecule has 1 heterocycles. The second-order valence-corrected chi connectivity index (χ2v) is 4.52. The van der Waals surface area contributed by atoms with Gasteiger partial charge in [0.25, 0.3) is 0 Å². The first kappa shape index (κ1) is 14.2. The molecule has 2 N–H and O–H groups in total. The highest BCUT2D eigenvalue weighted by molar-refractivity contribution is 5.92. The molecule has 20 heavy (non-hydrogen) atoms. The molecule has 2 aromatic rings. The van der Waals surface area contributed by atoms with E-state index in [4.69, 9.17) is 0 Å². The van der Waals surface area contributed by atoms with Gasteiger partial charge < -0.3 is 10.6 Å². The zero-order valence-corrected chi connectivity index (χ0v) is 11.6. The zero-order valence-electron chi connectivity index (χ0n) is 11.6. The lowest BCUT2D eigenvalue weighted by Gasteiger charge is -2.07. The van der Waals surface area contributed by atoms with Gasteiger partial charge in [-0.3, -0.25) is 9.78 Å². The minimum absolute atomic E-state index is 0.0508. The first-order valence-corrected chi connectivity index (χ1v) is 6.77. The number of benzene rings is 1. The van der Waals surface area contributed by atoms with Crippen molar-refractivity contribution in [2.45, 2.75) is 19.9 Å². The number of carbonyl (C=O) groups excluding carboxylic acids is 1. The van der Waals surface area contributed by atoms with Crippen LogP contribution in [0.25, 0.3) is 0 Å². The Labute approximate surface area is 119 Å². The van der Waals surface area contributed by atoms with E-state index in [-0.39, 0.29) is 12.5 Å². The Kier molecular flexibility index (Phi) is 5.26. The number of rotatable bonds is 6. The number of nitrogens with zero attached hydrogens (tertiary/aromatic N) is 1. The molecular weight excluding hydrogens is 250 g/mol. The summed E-state index contributed by atoms with van der Waals surface area (Å²) in [6, 6.07) is 13.6. The third-order valence-electron chi connectivity index (χ3n) is 2.96. The highest BCUT2D eigenvalue weighted by Gasteiger charge is 2.02. The number of anilines is 1. The second kappa shape index (κ2) is 7.40. The van der Waals surface area contributed by atoms with Gasteiger partial charge in [-0.25, -0.2) is 0 Å². The average molecular weight is 269 g/mol. The van der Waals surface area contributed by atoms with E-state index in [2.05, 4.69) is 22.5 Å². The monoisotopic (exact) mass is 269 g/mol. The van der Waals surface area contributed by atoms with Gasteiger partial charge in [-0.2, -0.15) is 0 Å². The Hall–Kier alpha value is -2.20. The SMILES string of the molecule is CCc1ccc(NC(=O)CNCc2ccccn2)cc1. The predicted octanol–water partition coefficient (Wildman–Crippen LogP) is 2.37. The molecule has 104 valence electrons. The van der Waals surface area contributed by atoms with Crippen molar-refractivity contribution in [1.29, 1.82) is 0 Å². The molecule has 4 heteroatoms. The number of aromatic nitrogens is 1. The lowest BCUT2D eigenvalue weighted by Crippen LogP contribution is -2.27. The minimum Gasteiger partial charge on any atom is -0.325 e. The normalized spacial score (nSPS) is 10.2. The van der Waals surface area contributed by atoms with E-state index in [1.165, 1.54) is 5.56 Å². The number of carbonyl (C=O) groups is 1. The molecule has 0 radical (unpaired) electrons. The van der Waals surface area contributed by atoms with Crippen LogP contribution in [0, 0.1) is 0 Å². The Bertz CT molecular complexity index is 537. The van der Waals surface area contributed by atoms with Crippen LogP contribution in [0.15, 0.2) is 48.7 Å². The fourth-order valence-corrected chi connectivity index (χ4v) is 1.84. The molecular formula is C16H19N3O. The highest BCUT2D eigenvalue weighted by atomic mass is 16.1. The number of hydrogen-bond acceptors (Lipinski definition) is 3. The van der Waals surface area contributed by atoms with E-state index in [0.717, 1.165) is 17.8 Å². The molecule has 0 aliphatic carbocycles. The summed E-state index contributed by atoms with van der Waals surface area (Å²) >= 11 is 0. The van der Waals surface area contributed by atoms with Gasteiger partial charge in [0.1, 0.15) is 0 Å².